The molecule has 4 nitrogen and oxygen atoms in total. The zero-order chi connectivity index (χ0) is 16.2. The second-order valence-corrected chi connectivity index (χ2v) is 8.26. The number of hydrogen-bond donors (Lipinski definition) is 1. The number of carbonyl (C=O) groups excluding carboxylic acids is 1. The van der Waals surface area contributed by atoms with E-state index < -0.39 is 22.6 Å². The molecule has 0 spiro atoms. The van der Waals surface area contributed by atoms with Crippen molar-refractivity contribution in [3.8, 4) is 0 Å². The molecule has 0 bridgehead atoms. The van der Waals surface area contributed by atoms with Gasteiger partial charge in [0.2, 0.25) is 0 Å². The summed E-state index contributed by atoms with van der Waals surface area (Å²) in [5.41, 5.74) is -0.564. The Balaban J connectivity index is 2.81. The molecule has 2 atom stereocenters. The molecule has 1 aromatic carbocycles. The van der Waals surface area contributed by atoms with E-state index in [4.69, 9.17) is 4.74 Å². The average molecular weight is 376 g/mol. The number of rotatable bonds is 5. The minimum absolute atomic E-state index is 0.0285. The van der Waals surface area contributed by atoms with E-state index in [1.54, 1.807) is 12.1 Å². The summed E-state index contributed by atoms with van der Waals surface area (Å²) in [5.74, 6) is -0.415. The van der Waals surface area contributed by atoms with E-state index in [-0.39, 0.29) is 11.9 Å². The molecule has 2 unspecified atom stereocenters. The summed E-state index contributed by atoms with van der Waals surface area (Å²) in [4.78, 5) is 12.8. The van der Waals surface area contributed by atoms with Crippen LogP contribution in [0, 0.1) is 5.92 Å². The van der Waals surface area contributed by atoms with Crippen LogP contribution in [0.4, 0.5) is 0 Å². The van der Waals surface area contributed by atoms with Gasteiger partial charge < -0.3 is 4.74 Å². The van der Waals surface area contributed by atoms with Gasteiger partial charge in [-0.05, 0) is 51.0 Å². The van der Waals surface area contributed by atoms with Crippen molar-refractivity contribution in [3.05, 3.63) is 28.7 Å². The van der Waals surface area contributed by atoms with Gasteiger partial charge in [-0.15, -0.1) is 0 Å². The van der Waals surface area contributed by atoms with Gasteiger partial charge in [-0.3, -0.25) is 4.79 Å². The van der Waals surface area contributed by atoms with Crippen molar-refractivity contribution in [3.63, 3.8) is 0 Å². The van der Waals surface area contributed by atoms with Gasteiger partial charge in [-0.25, -0.2) is 8.93 Å². The van der Waals surface area contributed by atoms with Crippen LogP contribution in [0.1, 0.15) is 34.6 Å². The first-order valence-electron chi connectivity index (χ1n) is 6.76. The Bertz CT molecular complexity index is 509. The quantitative estimate of drug-likeness (QED) is 0.802. The smallest absolute Gasteiger partial charge is 0.324 e. The predicted octanol–water partition coefficient (Wildman–Crippen LogP) is 3.43. The minimum atomic E-state index is -1.46. The number of ether oxygens (including phenoxy) is 1. The van der Waals surface area contributed by atoms with Gasteiger partial charge >= 0.3 is 5.97 Å². The van der Waals surface area contributed by atoms with Crippen LogP contribution >= 0.6 is 15.9 Å². The first-order chi connectivity index (χ1) is 9.60. The number of halogens is 1. The van der Waals surface area contributed by atoms with Gasteiger partial charge in [0.25, 0.3) is 0 Å². The normalized spacial score (nSPS) is 14.8. The molecule has 1 N–H and O–H groups in total. The minimum Gasteiger partial charge on any atom is -0.459 e. The molecule has 0 fully saturated rings. The van der Waals surface area contributed by atoms with E-state index >= 15 is 0 Å². The summed E-state index contributed by atoms with van der Waals surface area (Å²) in [6, 6.07) is 6.51. The summed E-state index contributed by atoms with van der Waals surface area (Å²) in [6.07, 6.45) is 0. The highest BCUT2D eigenvalue weighted by molar-refractivity contribution is 9.10. The van der Waals surface area contributed by atoms with Crippen molar-refractivity contribution in [1.29, 1.82) is 0 Å². The fraction of sp³-hybridized carbons (Fsp3) is 0.533. The van der Waals surface area contributed by atoms with E-state index in [2.05, 4.69) is 20.7 Å². The van der Waals surface area contributed by atoms with Crippen LogP contribution in [0.3, 0.4) is 0 Å². The lowest BCUT2D eigenvalue weighted by atomic mass is 10.1. The molecule has 118 valence electrons. The second-order valence-electron chi connectivity index (χ2n) is 6.10. The Labute approximate surface area is 137 Å². The maximum absolute atomic E-state index is 12.3. The first-order valence-corrected chi connectivity index (χ1v) is 8.71. The average Bonchev–Trinajstić information content (AvgIpc) is 2.33. The molecule has 21 heavy (non-hydrogen) atoms. The van der Waals surface area contributed by atoms with E-state index in [1.165, 1.54) is 0 Å². The Hall–Kier alpha value is -0.720. The van der Waals surface area contributed by atoms with Crippen molar-refractivity contribution in [2.75, 3.05) is 0 Å². The van der Waals surface area contributed by atoms with E-state index in [0.717, 1.165) is 4.47 Å². The molecule has 0 amide bonds. The third-order valence-corrected chi connectivity index (χ3v) is 4.29. The van der Waals surface area contributed by atoms with E-state index in [9.17, 15) is 9.00 Å². The van der Waals surface area contributed by atoms with Crippen LogP contribution in [0.15, 0.2) is 33.6 Å². The number of nitrogens with one attached hydrogen (secondary N) is 1. The molecule has 0 saturated heterocycles. The van der Waals surface area contributed by atoms with Gasteiger partial charge in [-0.1, -0.05) is 29.8 Å². The number of carbonyl (C=O) groups is 1. The van der Waals surface area contributed by atoms with Crippen molar-refractivity contribution < 1.29 is 13.7 Å². The molecule has 0 radical (unpaired) electrons. The Morgan fingerprint density at radius 3 is 2.19 bits per heavy atom. The molecule has 6 heteroatoms. The Morgan fingerprint density at radius 2 is 1.76 bits per heavy atom. The second kappa shape index (κ2) is 7.51. The van der Waals surface area contributed by atoms with E-state index in [1.807, 2.05) is 46.8 Å². The molecular formula is C15H22BrNO3S. The highest BCUT2D eigenvalue weighted by atomic mass is 79.9. The van der Waals surface area contributed by atoms with Gasteiger partial charge in [0.05, 0.1) is 4.90 Å². The van der Waals surface area contributed by atoms with Crippen LogP contribution in [0.2, 0.25) is 0 Å². The topological polar surface area (TPSA) is 55.4 Å². The first kappa shape index (κ1) is 18.3. The molecule has 0 aliphatic rings. The summed E-state index contributed by atoms with van der Waals surface area (Å²) >= 11 is 3.33. The highest BCUT2D eigenvalue weighted by Crippen LogP contribution is 2.16. The van der Waals surface area contributed by atoms with Crippen molar-refractivity contribution in [2.24, 2.45) is 5.92 Å². The number of hydrogen-bond acceptors (Lipinski definition) is 3. The summed E-state index contributed by atoms with van der Waals surface area (Å²) in [5, 5.41) is 0. The molecule has 0 aliphatic heterocycles. The van der Waals surface area contributed by atoms with Crippen LogP contribution < -0.4 is 4.72 Å². The van der Waals surface area contributed by atoms with Gasteiger partial charge in [0.15, 0.2) is 0 Å². The fourth-order valence-electron chi connectivity index (χ4n) is 1.56. The predicted molar refractivity (Wildman–Crippen MR) is 88.2 cm³/mol. The molecule has 0 saturated carbocycles. The SMILES string of the molecule is CC(C)C(NS(=O)c1ccc(Br)cc1)C(=O)OC(C)(C)C. The molecule has 0 aromatic heterocycles. The molecule has 0 aliphatic carbocycles. The standard InChI is InChI=1S/C15H22BrNO3S/c1-10(2)13(14(18)20-15(3,4)5)17-21(19)12-8-6-11(16)7-9-12/h6-10,13,17H,1-5H3. The van der Waals surface area contributed by atoms with Crippen LogP contribution in [0.25, 0.3) is 0 Å². The lowest BCUT2D eigenvalue weighted by Gasteiger charge is -2.26. The van der Waals surface area contributed by atoms with Crippen molar-refractivity contribution in [1.82, 2.24) is 4.72 Å². The molecular weight excluding hydrogens is 354 g/mol. The lowest BCUT2D eigenvalue weighted by molar-refractivity contribution is -0.158. The Morgan fingerprint density at radius 1 is 1.24 bits per heavy atom. The molecule has 1 rings (SSSR count). The van der Waals surface area contributed by atoms with Gasteiger partial charge in [-0.2, -0.15) is 0 Å². The zero-order valence-corrected chi connectivity index (χ0v) is 15.4. The van der Waals surface area contributed by atoms with Gasteiger partial charge in [0.1, 0.15) is 22.6 Å². The number of benzene rings is 1. The third-order valence-electron chi connectivity index (χ3n) is 2.59. The number of esters is 1. The molecule has 1 aromatic rings. The zero-order valence-electron chi connectivity index (χ0n) is 13.0. The van der Waals surface area contributed by atoms with Crippen LogP contribution in [0.5, 0.6) is 0 Å². The maximum Gasteiger partial charge on any atom is 0.324 e. The monoisotopic (exact) mass is 375 g/mol. The van der Waals surface area contributed by atoms with Crippen molar-refractivity contribution >= 4 is 32.9 Å². The summed E-state index contributed by atoms with van der Waals surface area (Å²) in [6.45, 7) is 9.22. The lowest BCUT2D eigenvalue weighted by Crippen LogP contribution is -2.45. The summed E-state index contributed by atoms with van der Waals surface area (Å²) < 4.78 is 21.5. The van der Waals surface area contributed by atoms with Crippen molar-refractivity contribution in [2.45, 2.75) is 51.2 Å². The largest absolute Gasteiger partial charge is 0.459 e. The van der Waals surface area contributed by atoms with Crippen LogP contribution in [-0.2, 0) is 20.5 Å². The van der Waals surface area contributed by atoms with Gasteiger partial charge in [0, 0.05) is 4.47 Å². The Kier molecular flexibility index (Phi) is 6.56. The van der Waals surface area contributed by atoms with E-state index in [0.29, 0.717) is 4.90 Å². The van der Waals surface area contributed by atoms with Crippen LogP contribution in [-0.4, -0.2) is 21.8 Å². The fourth-order valence-corrected chi connectivity index (χ4v) is 2.95. The molecule has 0 heterocycles. The third kappa shape index (κ3) is 6.28. The maximum atomic E-state index is 12.3. The summed E-state index contributed by atoms with van der Waals surface area (Å²) in [7, 11) is -1.46. The highest BCUT2D eigenvalue weighted by Gasteiger charge is 2.29.